The van der Waals surface area contributed by atoms with Gasteiger partial charge in [-0.2, -0.15) is 0 Å². The second kappa shape index (κ2) is 9.62. The number of rotatable bonds is 5. The third-order valence-electron chi connectivity index (χ3n) is 4.89. The molecule has 2 rings (SSSR count). The second-order valence-electron chi connectivity index (χ2n) is 6.38. The molecule has 1 heterocycles. The summed E-state index contributed by atoms with van der Waals surface area (Å²) < 4.78 is 0. The summed E-state index contributed by atoms with van der Waals surface area (Å²) in [7, 11) is 0. The lowest BCUT2D eigenvalue weighted by Crippen LogP contribution is -2.45. The smallest absolute Gasteiger partial charge is 0.223 e. The number of amides is 1. The van der Waals surface area contributed by atoms with Crippen LogP contribution in [-0.4, -0.2) is 25.0 Å². The number of nitrogens with one attached hydrogen (secondary N) is 2. The van der Waals surface area contributed by atoms with E-state index in [1.54, 1.807) is 0 Å². The molecule has 1 saturated carbocycles. The summed E-state index contributed by atoms with van der Waals surface area (Å²) in [6.07, 6.45) is 11.1. The van der Waals surface area contributed by atoms with Crippen molar-refractivity contribution >= 4 is 18.3 Å². The third-order valence-corrected chi connectivity index (χ3v) is 4.89. The highest BCUT2D eigenvalue weighted by molar-refractivity contribution is 5.85. The van der Waals surface area contributed by atoms with Crippen molar-refractivity contribution in [1.29, 1.82) is 0 Å². The fraction of sp³-hybridized carbons (Fsp3) is 0.938. The molecule has 0 aromatic heterocycles. The first-order valence-corrected chi connectivity index (χ1v) is 8.30. The number of halogens is 1. The molecule has 0 aromatic rings. The summed E-state index contributed by atoms with van der Waals surface area (Å²) in [6.45, 7) is 4.25. The number of piperidine rings is 1. The SMILES string of the molecule is CCC(CC1CCCCC1)C(=O)NC1CCNCC1.Cl. The molecular formula is C16H31ClN2O. The minimum atomic E-state index is 0. The van der Waals surface area contributed by atoms with E-state index in [4.69, 9.17) is 0 Å². The normalized spacial score (nSPS) is 22.9. The standard InChI is InChI=1S/C16H30N2O.ClH/c1-2-14(12-13-6-4-3-5-7-13)16(19)18-15-8-10-17-11-9-15;/h13-15,17H,2-12H2,1H3,(H,18,19);1H. The maximum absolute atomic E-state index is 12.4. The van der Waals surface area contributed by atoms with Gasteiger partial charge in [-0.1, -0.05) is 39.0 Å². The zero-order chi connectivity index (χ0) is 13.5. The van der Waals surface area contributed by atoms with Gasteiger partial charge in [0.2, 0.25) is 5.91 Å². The Morgan fingerprint density at radius 1 is 1.15 bits per heavy atom. The Hall–Kier alpha value is -0.280. The van der Waals surface area contributed by atoms with Crippen LogP contribution in [-0.2, 0) is 4.79 Å². The van der Waals surface area contributed by atoms with E-state index in [0.717, 1.165) is 44.7 Å². The highest BCUT2D eigenvalue weighted by Crippen LogP contribution is 2.30. The van der Waals surface area contributed by atoms with Crippen molar-refractivity contribution in [1.82, 2.24) is 10.6 Å². The van der Waals surface area contributed by atoms with E-state index in [1.807, 2.05) is 0 Å². The van der Waals surface area contributed by atoms with Crippen molar-refractivity contribution in [2.24, 2.45) is 11.8 Å². The first-order chi connectivity index (χ1) is 9.29. The monoisotopic (exact) mass is 302 g/mol. The lowest BCUT2D eigenvalue weighted by atomic mass is 9.81. The van der Waals surface area contributed by atoms with Gasteiger partial charge in [0.05, 0.1) is 0 Å². The van der Waals surface area contributed by atoms with Crippen LogP contribution in [0.5, 0.6) is 0 Å². The van der Waals surface area contributed by atoms with Crippen molar-refractivity contribution in [2.75, 3.05) is 13.1 Å². The first kappa shape index (κ1) is 17.8. The Balaban J connectivity index is 0.00000200. The first-order valence-electron chi connectivity index (χ1n) is 8.30. The molecule has 2 aliphatic rings. The highest BCUT2D eigenvalue weighted by Gasteiger charge is 2.25. The van der Waals surface area contributed by atoms with E-state index in [0.29, 0.717) is 11.9 Å². The van der Waals surface area contributed by atoms with Crippen LogP contribution in [0, 0.1) is 11.8 Å². The summed E-state index contributed by atoms with van der Waals surface area (Å²) in [6, 6.07) is 0.411. The predicted octanol–water partition coefficient (Wildman–Crippen LogP) is 3.27. The van der Waals surface area contributed by atoms with Gasteiger partial charge in [0.1, 0.15) is 0 Å². The molecule has 1 atom stereocenters. The van der Waals surface area contributed by atoms with E-state index >= 15 is 0 Å². The highest BCUT2D eigenvalue weighted by atomic mass is 35.5. The lowest BCUT2D eigenvalue weighted by molar-refractivity contribution is -0.126. The molecule has 0 radical (unpaired) electrons. The van der Waals surface area contributed by atoms with E-state index < -0.39 is 0 Å². The summed E-state index contributed by atoms with van der Waals surface area (Å²) in [5, 5.41) is 6.63. The summed E-state index contributed by atoms with van der Waals surface area (Å²) in [4.78, 5) is 12.4. The maximum Gasteiger partial charge on any atom is 0.223 e. The maximum atomic E-state index is 12.4. The van der Waals surface area contributed by atoms with Gasteiger partial charge >= 0.3 is 0 Å². The molecule has 3 nitrogen and oxygen atoms in total. The van der Waals surface area contributed by atoms with E-state index in [2.05, 4.69) is 17.6 Å². The molecule has 2 fully saturated rings. The van der Waals surface area contributed by atoms with Crippen LogP contribution in [0.4, 0.5) is 0 Å². The molecule has 20 heavy (non-hydrogen) atoms. The Labute approximate surface area is 130 Å². The molecule has 0 bridgehead atoms. The fourth-order valence-electron chi connectivity index (χ4n) is 3.57. The molecule has 1 saturated heterocycles. The van der Waals surface area contributed by atoms with Gasteiger partial charge in [-0.05, 0) is 44.7 Å². The minimum absolute atomic E-state index is 0. The van der Waals surface area contributed by atoms with Crippen LogP contribution in [0.25, 0.3) is 0 Å². The van der Waals surface area contributed by atoms with Crippen LogP contribution < -0.4 is 10.6 Å². The number of hydrogen-bond acceptors (Lipinski definition) is 2. The quantitative estimate of drug-likeness (QED) is 0.818. The summed E-state index contributed by atoms with van der Waals surface area (Å²) in [5.74, 6) is 1.37. The van der Waals surface area contributed by atoms with Crippen LogP contribution in [0.1, 0.15) is 64.7 Å². The van der Waals surface area contributed by atoms with E-state index in [-0.39, 0.29) is 18.3 Å². The molecule has 4 heteroatoms. The number of carbonyl (C=O) groups excluding carboxylic acids is 1. The number of hydrogen-bond donors (Lipinski definition) is 2. The Morgan fingerprint density at radius 2 is 1.80 bits per heavy atom. The molecule has 1 unspecified atom stereocenters. The van der Waals surface area contributed by atoms with E-state index in [9.17, 15) is 4.79 Å². The molecule has 1 aliphatic heterocycles. The Morgan fingerprint density at radius 3 is 2.40 bits per heavy atom. The predicted molar refractivity (Wildman–Crippen MR) is 86.3 cm³/mol. The molecule has 0 aromatic carbocycles. The van der Waals surface area contributed by atoms with Gasteiger partial charge < -0.3 is 10.6 Å². The zero-order valence-electron chi connectivity index (χ0n) is 12.8. The van der Waals surface area contributed by atoms with Crippen LogP contribution in [0.2, 0.25) is 0 Å². The largest absolute Gasteiger partial charge is 0.353 e. The van der Waals surface area contributed by atoms with Crippen molar-refractivity contribution in [3.8, 4) is 0 Å². The van der Waals surface area contributed by atoms with Gasteiger partial charge in [0, 0.05) is 12.0 Å². The second-order valence-corrected chi connectivity index (χ2v) is 6.38. The molecule has 118 valence electrons. The van der Waals surface area contributed by atoms with Crippen molar-refractivity contribution < 1.29 is 4.79 Å². The third kappa shape index (κ3) is 5.61. The molecule has 2 N–H and O–H groups in total. The van der Waals surface area contributed by atoms with Crippen molar-refractivity contribution in [3.63, 3.8) is 0 Å². The van der Waals surface area contributed by atoms with E-state index in [1.165, 1.54) is 32.1 Å². The fourth-order valence-corrected chi connectivity index (χ4v) is 3.57. The van der Waals surface area contributed by atoms with Gasteiger partial charge in [0.25, 0.3) is 0 Å². The minimum Gasteiger partial charge on any atom is -0.353 e. The van der Waals surface area contributed by atoms with Crippen molar-refractivity contribution in [2.45, 2.75) is 70.8 Å². The average Bonchev–Trinajstić information content (AvgIpc) is 2.47. The molecule has 1 aliphatic carbocycles. The van der Waals surface area contributed by atoms with Crippen molar-refractivity contribution in [3.05, 3.63) is 0 Å². The van der Waals surface area contributed by atoms with Gasteiger partial charge in [-0.25, -0.2) is 0 Å². The van der Waals surface area contributed by atoms with Gasteiger partial charge in [-0.3, -0.25) is 4.79 Å². The molecule has 0 spiro atoms. The van der Waals surface area contributed by atoms with Crippen LogP contribution >= 0.6 is 12.4 Å². The summed E-state index contributed by atoms with van der Waals surface area (Å²) in [5.41, 5.74) is 0. The topological polar surface area (TPSA) is 41.1 Å². The van der Waals surface area contributed by atoms with Gasteiger partial charge in [0.15, 0.2) is 0 Å². The Kier molecular flexibility index (Phi) is 8.55. The van der Waals surface area contributed by atoms with Crippen LogP contribution in [0.3, 0.4) is 0 Å². The molecule has 1 amide bonds. The zero-order valence-corrected chi connectivity index (χ0v) is 13.6. The summed E-state index contributed by atoms with van der Waals surface area (Å²) >= 11 is 0. The van der Waals surface area contributed by atoms with Gasteiger partial charge in [-0.15, -0.1) is 12.4 Å². The average molecular weight is 303 g/mol. The van der Waals surface area contributed by atoms with Crippen LogP contribution in [0.15, 0.2) is 0 Å². The molecular weight excluding hydrogens is 272 g/mol. The lowest BCUT2D eigenvalue weighted by Gasteiger charge is -2.28. The Bertz CT molecular complexity index is 274. The number of carbonyl (C=O) groups is 1.